The Labute approximate surface area is 84.0 Å². The number of benzene rings is 1. The molecule has 0 fully saturated rings. The van der Waals surface area contributed by atoms with Crippen LogP contribution in [0.1, 0.15) is 5.56 Å². The van der Waals surface area contributed by atoms with E-state index in [-0.39, 0.29) is 5.75 Å². The third-order valence-corrected chi connectivity index (χ3v) is 1.77. The Morgan fingerprint density at radius 3 is 2.13 bits per heavy atom. The van der Waals surface area contributed by atoms with Crippen LogP contribution < -0.4 is 9.47 Å². The molecule has 1 rings (SSSR count). The van der Waals surface area contributed by atoms with Gasteiger partial charge in [0.1, 0.15) is 11.3 Å². The molecule has 0 atom stereocenters. The van der Waals surface area contributed by atoms with E-state index in [1.165, 1.54) is 7.11 Å². The normalized spacial score (nSPS) is 11.3. The molecule has 15 heavy (non-hydrogen) atoms. The van der Waals surface area contributed by atoms with E-state index in [9.17, 15) is 13.2 Å². The average Bonchev–Trinajstić information content (AvgIpc) is 2.15. The highest BCUT2D eigenvalue weighted by Crippen LogP contribution is 2.43. The summed E-state index contributed by atoms with van der Waals surface area (Å²) in [6.45, 7) is 0. The smallest absolute Gasteiger partial charge is 0.420 e. The number of hydrogen-bond acceptors (Lipinski definition) is 3. The van der Waals surface area contributed by atoms with Gasteiger partial charge in [-0.2, -0.15) is 13.2 Å². The minimum Gasteiger partial charge on any atom is -0.508 e. The highest BCUT2D eigenvalue weighted by atomic mass is 19.4. The van der Waals surface area contributed by atoms with Crippen molar-refractivity contribution >= 4 is 0 Å². The van der Waals surface area contributed by atoms with Gasteiger partial charge in [0.15, 0.2) is 11.5 Å². The number of methoxy groups -OCH3 is 2. The molecule has 0 amide bonds. The van der Waals surface area contributed by atoms with Gasteiger partial charge in [-0.05, 0) is 6.07 Å². The van der Waals surface area contributed by atoms with E-state index in [1.807, 2.05) is 0 Å². The van der Waals surface area contributed by atoms with Gasteiger partial charge in [0, 0.05) is 6.07 Å². The molecule has 0 saturated carbocycles. The van der Waals surface area contributed by atoms with Crippen molar-refractivity contribution in [2.75, 3.05) is 14.2 Å². The molecule has 0 aliphatic carbocycles. The van der Waals surface area contributed by atoms with Gasteiger partial charge < -0.3 is 14.6 Å². The van der Waals surface area contributed by atoms with Gasteiger partial charge in [0.2, 0.25) is 0 Å². The molecule has 0 saturated heterocycles. The van der Waals surface area contributed by atoms with E-state index in [2.05, 4.69) is 9.47 Å². The molecule has 0 aliphatic rings. The maximum atomic E-state index is 12.5. The van der Waals surface area contributed by atoms with Crippen LogP contribution >= 0.6 is 0 Å². The fourth-order valence-electron chi connectivity index (χ4n) is 1.16. The SMILES string of the molecule is COc1cc(O)cc(C(F)(F)F)c1OC. The van der Waals surface area contributed by atoms with Crippen molar-refractivity contribution in [1.29, 1.82) is 0 Å². The van der Waals surface area contributed by atoms with E-state index in [4.69, 9.17) is 5.11 Å². The molecule has 0 heterocycles. The van der Waals surface area contributed by atoms with Crippen LogP contribution in [0.2, 0.25) is 0 Å². The monoisotopic (exact) mass is 222 g/mol. The molecule has 1 N–H and O–H groups in total. The van der Waals surface area contributed by atoms with Crippen molar-refractivity contribution in [2.45, 2.75) is 6.18 Å². The molecule has 0 radical (unpaired) electrons. The summed E-state index contributed by atoms with van der Waals surface area (Å²) in [6, 6.07) is 1.63. The quantitative estimate of drug-likeness (QED) is 0.835. The van der Waals surface area contributed by atoms with E-state index in [0.29, 0.717) is 6.07 Å². The molecule has 0 bridgehead atoms. The summed E-state index contributed by atoms with van der Waals surface area (Å²) >= 11 is 0. The van der Waals surface area contributed by atoms with Crippen molar-refractivity contribution in [3.63, 3.8) is 0 Å². The lowest BCUT2D eigenvalue weighted by molar-refractivity contribution is -0.139. The van der Waals surface area contributed by atoms with Gasteiger partial charge in [-0.15, -0.1) is 0 Å². The summed E-state index contributed by atoms with van der Waals surface area (Å²) in [6.07, 6.45) is -4.60. The minimum atomic E-state index is -4.60. The van der Waals surface area contributed by atoms with Gasteiger partial charge in [-0.1, -0.05) is 0 Å². The summed E-state index contributed by atoms with van der Waals surface area (Å²) in [5.74, 6) is -1.13. The van der Waals surface area contributed by atoms with Crippen LogP contribution in [0.25, 0.3) is 0 Å². The van der Waals surface area contributed by atoms with Crippen molar-refractivity contribution in [2.24, 2.45) is 0 Å². The number of phenolic OH excluding ortho intramolecular Hbond substituents is 1. The van der Waals surface area contributed by atoms with E-state index >= 15 is 0 Å². The second-order valence-corrected chi connectivity index (χ2v) is 2.73. The number of aromatic hydroxyl groups is 1. The van der Waals surface area contributed by atoms with Gasteiger partial charge in [0.25, 0.3) is 0 Å². The number of halogens is 3. The van der Waals surface area contributed by atoms with Gasteiger partial charge in [0.05, 0.1) is 14.2 Å². The Bertz CT molecular complexity index is 360. The summed E-state index contributed by atoms with van der Waals surface area (Å²) in [4.78, 5) is 0. The largest absolute Gasteiger partial charge is 0.508 e. The molecule has 0 aromatic heterocycles. The molecule has 1 aromatic carbocycles. The molecule has 84 valence electrons. The standard InChI is InChI=1S/C9H9F3O3/c1-14-7-4-5(13)3-6(8(7)15-2)9(10,11)12/h3-4,13H,1-2H3. The first-order valence-electron chi connectivity index (χ1n) is 3.92. The fraction of sp³-hybridized carbons (Fsp3) is 0.333. The third kappa shape index (κ3) is 2.26. The number of alkyl halides is 3. The first kappa shape index (κ1) is 11.5. The Balaban J connectivity index is 3.42. The summed E-state index contributed by atoms with van der Waals surface area (Å²) in [5.41, 5.74) is -1.07. The Morgan fingerprint density at radius 2 is 1.73 bits per heavy atom. The minimum absolute atomic E-state index is 0.162. The summed E-state index contributed by atoms with van der Waals surface area (Å²) in [5, 5.41) is 9.07. The van der Waals surface area contributed by atoms with E-state index in [1.54, 1.807) is 0 Å². The van der Waals surface area contributed by atoms with Crippen LogP contribution in [-0.4, -0.2) is 19.3 Å². The van der Waals surface area contributed by atoms with Crippen molar-refractivity contribution in [3.05, 3.63) is 17.7 Å². The Morgan fingerprint density at radius 1 is 1.13 bits per heavy atom. The average molecular weight is 222 g/mol. The highest BCUT2D eigenvalue weighted by Gasteiger charge is 2.36. The molecule has 1 aromatic rings. The zero-order valence-electron chi connectivity index (χ0n) is 8.05. The first-order chi connectivity index (χ1) is 6.90. The van der Waals surface area contributed by atoms with Gasteiger partial charge in [-0.3, -0.25) is 0 Å². The molecular formula is C9H9F3O3. The lowest BCUT2D eigenvalue weighted by Gasteiger charge is -2.15. The third-order valence-electron chi connectivity index (χ3n) is 1.77. The molecule has 0 unspecified atom stereocenters. The molecular weight excluding hydrogens is 213 g/mol. The van der Waals surface area contributed by atoms with Crippen LogP contribution in [0.4, 0.5) is 13.2 Å². The summed E-state index contributed by atoms with van der Waals surface area (Å²) < 4.78 is 46.7. The van der Waals surface area contributed by atoms with Crippen LogP contribution in [0.5, 0.6) is 17.2 Å². The predicted molar refractivity (Wildman–Crippen MR) is 46.2 cm³/mol. The van der Waals surface area contributed by atoms with E-state index in [0.717, 1.165) is 13.2 Å². The second kappa shape index (κ2) is 3.88. The zero-order chi connectivity index (χ0) is 11.6. The molecule has 3 nitrogen and oxygen atoms in total. The Hall–Kier alpha value is -1.59. The van der Waals surface area contributed by atoms with Crippen LogP contribution in [0.15, 0.2) is 12.1 Å². The molecule has 0 spiro atoms. The molecule has 0 aliphatic heterocycles. The maximum absolute atomic E-state index is 12.5. The topological polar surface area (TPSA) is 38.7 Å². The van der Waals surface area contributed by atoms with Gasteiger partial charge >= 0.3 is 6.18 Å². The van der Waals surface area contributed by atoms with Crippen molar-refractivity contribution in [3.8, 4) is 17.2 Å². The predicted octanol–water partition coefficient (Wildman–Crippen LogP) is 2.43. The van der Waals surface area contributed by atoms with Crippen LogP contribution in [0.3, 0.4) is 0 Å². The number of ether oxygens (including phenoxy) is 2. The lowest BCUT2D eigenvalue weighted by Crippen LogP contribution is -2.08. The first-order valence-corrected chi connectivity index (χ1v) is 3.92. The van der Waals surface area contributed by atoms with E-state index < -0.39 is 23.2 Å². The number of hydrogen-bond donors (Lipinski definition) is 1. The molecule has 6 heteroatoms. The maximum Gasteiger partial charge on any atom is 0.420 e. The zero-order valence-corrected chi connectivity index (χ0v) is 8.05. The second-order valence-electron chi connectivity index (χ2n) is 2.73. The van der Waals surface area contributed by atoms with Crippen LogP contribution in [-0.2, 0) is 6.18 Å². The van der Waals surface area contributed by atoms with Gasteiger partial charge in [-0.25, -0.2) is 0 Å². The van der Waals surface area contributed by atoms with Crippen molar-refractivity contribution in [1.82, 2.24) is 0 Å². The van der Waals surface area contributed by atoms with Crippen molar-refractivity contribution < 1.29 is 27.8 Å². The number of phenols is 1. The lowest BCUT2D eigenvalue weighted by atomic mass is 10.1. The number of rotatable bonds is 2. The summed E-state index contributed by atoms with van der Waals surface area (Å²) in [7, 11) is 2.29. The Kier molecular flexibility index (Phi) is 2.97. The fourth-order valence-corrected chi connectivity index (χ4v) is 1.16. The van der Waals surface area contributed by atoms with Crippen LogP contribution in [0, 0.1) is 0 Å². The highest BCUT2D eigenvalue weighted by molar-refractivity contribution is 5.52.